The Bertz CT molecular complexity index is 446. The van der Waals surface area contributed by atoms with E-state index in [-0.39, 0.29) is 5.25 Å². The van der Waals surface area contributed by atoms with Gasteiger partial charge in [0.1, 0.15) is 0 Å². The van der Waals surface area contributed by atoms with E-state index in [0.29, 0.717) is 5.92 Å². The lowest BCUT2D eigenvalue weighted by molar-refractivity contribution is 0.147. The molecule has 17 heavy (non-hydrogen) atoms. The predicted molar refractivity (Wildman–Crippen MR) is 65.8 cm³/mol. The van der Waals surface area contributed by atoms with Gasteiger partial charge < -0.3 is 0 Å². The van der Waals surface area contributed by atoms with E-state index in [2.05, 4.69) is 4.72 Å². The number of sulfonamides is 1. The van der Waals surface area contributed by atoms with Crippen LogP contribution >= 0.6 is 0 Å². The van der Waals surface area contributed by atoms with Crippen LogP contribution in [-0.2, 0) is 10.0 Å². The minimum absolute atomic E-state index is 0.0712. The van der Waals surface area contributed by atoms with Gasteiger partial charge in [0.2, 0.25) is 10.0 Å². The minimum Gasteiger partial charge on any atom is -0.218 e. The highest BCUT2D eigenvalue weighted by Crippen LogP contribution is 2.68. The summed E-state index contributed by atoms with van der Waals surface area (Å²) in [5.41, 5.74) is 0. The second-order valence-electron chi connectivity index (χ2n) is 6.67. The average molecular weight is 255 g/mol. The summed E-state index contributed by atoms with van der Waals surface area (Å²) in [6.45, 7) is 0. The van der Waals surface area contributed by atoms with E-state index >= 15 is 0 Å². The van der Waals surface area contributed by atoms with Gasteiger partial charge in [-0.25, -0.2) is 13.1 Å². The molecule has 0 spiro atoms. The van der Waals surface area contributed by atoms with E-state index in [1.165, 1.54) is 25.7 Å². The van der Waals surface area contributed by atoms with E-state index in [0.717, 1.165) is 36.0 Å². The van der Waals surface area contributed by atoms with Crippen molar-refractivity contribution in [1.82, 2.24) is 4.72 Å². The van der Waals surface area contributed by atoms with Crippen molar-refractivity contribution in [3.05, 3.63) is 0 Å². The maximum atomic E-state index is 12.1. The van der Waals surface area contributed by atoms with Gasteiger partial charge >= 0.3 is 0 Å². The number of hydrogen-bond acceptors (Lipinski definition) is 2. The molecule has 0 aromatic heterocycles. The molecule has 4 rings (SSSR count). The Morgan fingerprint density at radius 1 is 0.941 bits per heavy atom. The average Bonchev–Trinajstić information content (AvgIpc) is 3.05. The second kappa shape index (κ2) is 3.27. The van der Waals surface area contributed by atoms with Gasteiger partial charge in [-0.15, -0.1) is 0 Å². The van der Waals surface area contributed by atoms with Crippen LogP contribution < -0.4 is 4.72 Å². The Morgan fingerprint density at radius 2 is 1.65 bits per heavy atom. The molecule has 4 bridgehead atoms. The molecule has 0 aliphatic heterocycles. The van der Waals surface area contributed by atoms with Gasteiger partial charge in [-0.2, -0.15) is 0 Å². The van der Waals surface area contributed by atoms with Crippen LogP contribution in [0.2, 0.25) is 0 Å². The van der Waals surface area contributed by atoms with Crippen LogP contribution in [0.5, 0.6) is 0 Å². The van der Waals surface area contributed by atoms with E-state index in [1.807, 2.05) is 0 Å². The van der Waals surface area contributed by atoms with E-state index in [9.17, 15) is 8.42 Å². The summed E-state index contributed by atoms with van der Waals surface area (Å²) in [6, 6.07) is 0. The Hall–Kier alpha value is -0.0900. The molecule has 0 aromatic carbocycles. The standard InChI is InChI=1S/C13H21NO2S/c1-14-17(15,16)11-6-9-5-10(11)13-8-3-2-7(4-8)12(9)13/h7-14H,2-6H2,1H3. The van der Waals surface area contributed by atoms with Crippen molar-refractivity contribution in [3.8, 4) is 0 Å². The third-order valence-electron chi connectivity index (χ3n) is 6.36. The van der Waals surface area contributed by atoms with E-state index in [4.69, 9.17) is 0 Å². The molecule has 4 aliphatic rings. The highest BCUT2D eigenvalue weighted by Gasteiger charge is 2.64. The zero-order chi connectivity index (χ0) is 11.8. The molecular formula is C13H21NO2S. The smallest absolute Gasteiger partial charge is 0.214 e. The summed E-state index contributed by atoms with van der Waals surface area (Å²) in [4.78, 5) is 0. The molecule has 4 aliphatic carbocycles. The van der Waals surface area contributed by atoms with Crippen LogP contribution in [-0.4, -0.2) is 20.7 Å². The van der Waals surface area contributed by atoms with Gasteiger partial charge in [0, 0.05) is 0 Å². The van der Waals surface area contributed by atoms with Crippen LogP contribution in [0.25, 0.3) is 0 Å². The SMILES string of the molecule is CNS(=O)(=O)C1CC2CC1C1C3CCC(C3)C21. The molecule has 96 valence electrons. The maximum Gasteiger partial charge on any atom is 0.214 e. The Balaban J connectivity index is 1.67. The topological polar surface area (TPSA) is 46.2 Å². The molecular weight excluding hydrogens is 234 g/mol. The first-order chi connectivity index (χ1) is 8.12. The third kappa shape index (κ3) is 1.24. The van der Waals surface area contributed by atoms with Crippen molar-refractivity contribution in [1.29, 1.82) is 0 Å². The Labute approximate surface area is 103 Å². The van der Waals surface area contributed by atoms with Crippen LogP contribution in [0, 0.1) is 35.5 Å². The first-order valence-corrected chi connectivity index (χ1v) is 8.59. The fraction of sp³-hybridized carbons (Fsp3) is 1.00. The monoisotopic (exact) mass is 255 g/mol. The summed E-state index contributed by atoms with van der Waals surface area (Å²) in [5.74, 6) is 4.71. The van der Waals surface area contributed by atoms with Crippen LogP contribution in [0.15, 0.2) is 0 Å². The number of hydrogen-bond donors (Lipinski definition) is 1. The molecule has 0 amide bonds. The van der Waals surface area contributed by atoms with Crippen molar-refractivity contribution in [2.45, 2.75) is 37.4 Å². The van der Waals surface area contributed by atoms with Gasteiger partial charge in [-0.1, -0.05) is 0 Å². The minimum atomic E-state index is -3.03. The lowest BCUT2D eigenvalue weighted by Gasteiger charge is -2.38. The van der Waals surface area contributed by atoms with Crippen LogP contribution in [0.1, 0.15) is 32.1 Å². The summed E-state index contributed by atoms with van der Waals surface area (Å²) in [5, 5.41) is -0.0712. The number of nitrogens with one attached hydrogen (secondary N) is 1. The number of rotatable bonds is 2. The largest absolute Gasteiger partial charge is 0.218 e. The normalized spacial score (nSPS) is 55.5. The van der Waals surface area contributed by atoms with Crippen molar-refractivity contribution >= 4 is 10.0 Å². The van der Waals surface area contributed by atoms with Crippen LogP contribution in [0.4, 0.5) is 0 Å². The molecule has 4 heteroatoms. The molecule has 7 atom stereocenters. The second-order valence-corrected chi connectivity index (χ2v) is 8.77. The highest BCUT2D eigenvalue weighted by molar-refractivity contribution is 7.90. The predicted octanol–water partition coefficient (Wildman–Crippen LogP) is 1.61. The zero-order valence-corrected chi connectivity index (χ0v) is 11.1. The first kappa shape index (κ1) is 10.8. The van der Waals surface area contributed by atoms with Gasteiger partial charge in [-0.3, -0.25) is 0 Å². The quantitative estimate of drug-likeness (QED) is 0.762. The molecule has 4 fully saturated rings. The fourth-order valence-corrected chi connectivity index (χ4v) is 7.57. The summed E-state index contributed by atoms with van der Waals surface area (Å²) < 4.78 is 26.7. The molecule has 0 saturated heterocycles. The summed E-state index contributed by atoms with van der Waals surface area (Å²) in [7, 11) is -1.47. The Morgan fingerprint density at radius 3 is 2.35 bits per heavy atom. The third-order valence-corrected chi connectivity index (χ3v) is 8.26. The van der Waals surface area contributed by atoms with Gasteiger partial charge in [0.25, 0.3) is 0 Å². The molecule has 7 unspecified atom stereocenters. The van der Waals surface area contributed by atoms with Crippen molar-refractivity contribution in [2.24, 2.45) is 35.5 Å². The van der Waals surface area contributed by atoms with E-state index in [1.54, 1.807) is 7.05 Å². The summed E-state index contributed by atoms with van der Waals surface area (Å²) >= 11 is 0. The molecule has 3 nitrogen and oxygen atoms in total. The van der Waals surface area contributed by atoms with E-state index < -0.39 is 10.0 Å². The number of fused-ring (bicyclic) bond motifs is 9. The molecule has 1 N–H and O–H groups in total. The van der Waals surface area contributed by atoms with Crippen molar-refractivity contribution < 1.29 is 8.42 Å². The molecule has 0 radical (unpaired) electrons. The maximum absolute atomic E-state index is 12.1. The zero-order valence-electron chi connectivity index (χ0n) is 10.3. The van der Waals surface area contributed by atoms with Gasteiger partial charge in [0.15, 0.2) is 0 Å². The molecule has 0 aromatic rings. The lowest BCUT2D eigenvalue weighted by Crippen LogP contribution is -2.42. The fourth-order valence-electron chi connectivity index (χ4n) is 6.01. The summed E-state index contributed by atoms with van der Waals surface area (Å²) in [6.07, 6.45) is 6.36. The Kier molecular flexibility index (Phi) is 2.07. The van der Waals surface area contributed by atoms with Crippen LogP contribution in [0.3, 0.4) is 0 Å². The van der Waals surface area contributed by atoms with Gasteiger partial charge in [-0.05, 0) is 74.7 Å². The lowest BCUT2D eigenvalue weighted by atomic mass is 9.71. The van der Waals surface area contributed by atoms with Crippen molar-refractivity contribution in [3.63, 3.8) is 0 Å². The molecule has 0 heterocycles. The van der Waals surface area contributed by atoms with Crippen molar-refractivity contribution in [2.75, 3.05) is 7.05 Å². The molecule has 4 saturated carbocycles. The van der Waals surface area contributed by atoms with Gasteiger partial charge in [0.05, 0.1) is 5.25 Å². The highest BCUT2D eigenvalue weighted by atomic mass is 32.2. The first-order valence-electron chi connectivity index (χ1n) is 7.04.